The first-order chi connectivity index (χ1) is 15.4. The Labute approximate surface area is 194 Å². The summed E-state index contributed by atoms with van der Waals surface area (Å²) in [5.74, 6) is 0.640. The Morgan fingerprint density at radius 1 is 1.12 bits per heavy atom. The van der Waals surface area contributed by atoms with Crippen LogP contribution in [0, 0.1) is 13.8 Å². The van der Waals surface area contributed by atoms with Gasteiger partial charge in [0.05, 0.1) is 26.8 Å². The van der Waals surface area contributed by atoms with E-state index in [0.717, 1.165) is 45.7 Å². The first kappa shape index (κ1) is 21.0. The molecule has 2 N–H and O–H groups in total. The Kier molecular flexibility index (Phi) is 5.42. The highest BCUT2D eigenvalue weighted by atomic mass is 32.1. The summed E-state index contributed by atoms with van der Waals surface area (Å²) in [6.07, 6.45) is 4.27. The molecular weight excluding hydrogens is 444 g/mol. The van der Waals surface area contributed by atoms with E-state index in [-0.39, 0.29) is 29.9 Å². The van der Waals surface area contributed by atoms with Gasteiger partial charge in [-0.1, -0.05) is 0 Å². The van der Waals surface area contributed by atoms with E-state index in [0.29, 0.717) is 11.4 Å². The number of thiazole rings is 2. The monoisotopic (exact) mass is 468 g/mol. The van der Waals surface area contributed by atoms with E-state index in [1.807, 2.05) is 24.1 Å². The second kappa shape index (κ2) is 8.25. The summed E-state index contributed by atoms with van der Waals surface area (Å²) < 4.78 is 0. The largest absolute Gasteiger partial charge is 0.349 e. The standard InChI is InChI=1S/C22H24N6O2S2/c1-11-20(32-12(2)24-11)18-10-31-22(26-18)27-19-5-4-14(9-23-19)21(30)25-15-6-16-8-17(7-15)28(16)13(3)29/h4-5,9-10,15-17H,6-8H2,1-3H3,(H,25,30)(H,23,26,27)/t15-,16-,17+. The second-order valence-electron chi connectivity index (χ2n) is 8.35. The van der Waals surface area contributed by atoms with Crippen LogP contribution in [0.1, 0.15) is 47.2 Å². The van der Waals surface area contributed by atoms with Crippen molar-refractivity contribution >= 4 is 45.4 Å². The highest BCUT2D eigenvalue weighted by Gasteiger charge is 2.46. The van der Waals surface area contributed by atoms with E-state index in [4.69, 9.17) is 0 Å². The predicted octanol–water partition coefficient (Wildman–Crippen LogP) is 3.90. The van der Waals surface area contributed by atoms with Crippen LogP contribution in [-0.4, -0.2) is 49.8 Å². The molecule has 0 aromatic carbocycles. The van der Waals surface area contributed by atoms with Gasteiger partial charge in [-0.2, -0.15) is 0 Å². The van der Waals surface area contributed by atoms with Gasteiger partial charge in [-0.3, -0.25) is 9.59 Å². The number of rotatable bonds is 5. The highest BCUT2D eigenvalue weighted by molar-refractivity contribution is 7.16. The molecule has 2 bridgehead atoms. The molecule has 6 rings (SSSR count). The third-order valence-electron chi connectivity index (χ3n) is 6.04. The van der Waals surface area contributed by atoms with Crippen LogP contribution >= 0.6 is 22.7 Å². The fourth-order valence-corrected chi connectivity index (χ4v) is 6.35. The molecule has 3 fully saturated rings. The Hall–Kier alpha value is -2.85. The van der Waals surface area contributed by atoms with Gasteiger partial charge in [0, 0.05) is 36.6 Å². The molecule has 0 unspecified atom stereocenters. The van der Waals surface area contributed by atoms with Gasteiger partial charge >= 0.3 is 0 Å². The van der Waals surface area contributed by atoms with Gasteiger partial charge in [0.1, 0.15) is 5.82 Å². The summed E-state index contributed by atoms with van der Waals surface area (Å²) in [7, 11) is 0. The summed E-state index contributed by atoms with van der Waals surface area (Å²) in [6, 6.07) is 4.19. The molecule has 32 heavy (non-hydrogen) atoms. The van der Waals surface area contributed by atoms with Gasteiger partial charge < -0.3 is 15.5 Å². The van der Waals surface area contributed by atoms with Crippen molar-refractivity contribution in [3.8, 4) is 10.6 Å². The molecular formula is C22H24N6O2S2. The number of piperidine rings is 1. The third kappa shape index (κ3) is 4.00. The number of hydrogen-bond donors (Lipinski definition) is 2. The van der Waals surface area contributed by atoms with E-state index in [9.17, 15) is 9.59 Å². The molecule has 166 valence electrons. The average molecular weight is 469 g/mol. The minimum atomic E-state index is -0.127. The molecule has 8 nitrogen and oxygen atoms in total. The highest BCUT2D eigenvalue weighted by Crippen LogP contribution is 2.38. The van der Waals surface area contributed by atoms with Gasteiger partial charge in [-0.25, -0.2) is 15.0 Å². The van der Waals surface area contributed by atoms with E-state index in [2.05, 4.69) is 25.6 Å². The Balaban J connectivity index is 1.18. The third-order valence-corrected chi connectivity index (χ3v) is 7.90. The molecule has 2 saturated heterocycles. The van der Waals surface area contributed by atoms with Gasteiger partial charge in [0.15, 0.2) is 5.13 Å². The smallest absolute Gasteiger partial charge is 0.253 e. The average Bonchev–Trinajstić information content (AvgIpc) is 3.33. The van der Waals surface area contributed by atoms with Crippen LogP contribution < -0.4 is 10.6 Å². The van der Waals surface area contributed by atoms with E-state index in [1.165, 1.54) is 11.3 Å². The van der Waals surface area contributed by atoms with Crippen LogP contribution in [0.15, 0.2) is 23.7 Å². The van der Waals surface area contributed by atoms with Crippen LogP contribution in [0.25, 0.3) is 10.6 Å². The van der Waals surface area contributed by atoms with Gasteiger partial charge in [-0.15, -0.1) is 22.7 Å². The fraction of sp³-hybridized carbons (Fsp3) is 0.409. The van der Waals surface area contributed by atoms with Crippen LogP contribution in [-0.2, 0) is 4.79 Å². The van der Waals surface area contributed by atoms with Crippen LogP contribution in [0.4, 0.5) is 10.9 Å². The van der Waals surface area contributed by atoms with Crippen LogP contribution in [0.2, 0.25) is 0 Å². The van der Waals surface area contributed by atoms with E-state index >= 15 is 0 Å². The maximum atomic E-state index is 12.6. The molecule has 1 aliphatic carbocycles. The number of anilines is 2. The number of carbonyl (C=O) groups is 2. The van der Waals surface area contributed by atoms with Crippen molar-refractivity contribution in [1.29, 1.82) is 0 Å². The number of carbonyl (C=O) groups excluding carboxylic acids is 2. The molecule has 10 heteroatoms. The second-order valence-corrected chi connectivity index (χ2v) is 10.4. The lowest BCUT2D eigenvalue weighted by molar-refractivity contribution is -0.147. The topological polar surface area (TPSA) is 100 Å². The molecule has 3 atom stereocenters. The molecule has 2 amide bonds. The van der Waals surface area contributed by atoms with E-state index < -0.39 is 0 Å². The number of aryl methyl sites for hydroxylation is 2. The Bertz CT molecular complexity index is 1160. The lowest BCUT2D eigenvalue weighted by Gasteiger charge is -2.55. The van der Waals surface area contributed by atoms with Gasteiger partial charge in [0.25, 0.3) is 5.91 Å². The number of pyridine rings is 1. The van der Waals surface area contributed by atoms with Crippen LogP contribution in [0.3, 0.4) is 0 Å². The number of amides is 2. The maximum Gasteiger partial charge on any atom is 0.253 e. The summed E-state index contributed by atoms with van der Waals surface area (Å²) in [6.45, 7) is 5.60. The molecule has 0 spiro atoms. The predicted molar refractivity (Wildman–Crippen MR) is 125 cm³/mol. The SMILES string of the molecule is CC(=O)N1[C@@H]2C[C@@H](NC(=O)c3ccc(Nc4nc(-c5sc(C)nc5C)cs4)nc3)C[C@H]1C2. The zero-order valence-corrected chi connectivity index (χ0v) is 19.7. The minimum absolute atomic E-state index is 0.104. The zero-order valence-electron chi connectivity index (χ0n) is 18.1. The molecule has 5 heterocycles. The first-order valence-corrected chi connectivity index (χ1v) is 12.3. The quantitative estimate of drug-likeness (QED) is 0.589. The van der Waals surface area contributed by atoms with Crippen LogP contribution in [0.5, 0.6) is 0 Å². The van der Waals surface area contributed by atoms with Crippen molar-refractivity contribution < 1.29 is 9.59 Å². The molecule has 3 aromatic rings. The number of fused-ring (bicyclic) bond motifs is 2. The van der Waals surface area contributed by atoms with Crippen molar-refractivity contribution in [3.05, 3.63) is 40.0 Å². The van der Waals surface area contributed by atoms with Crippen molar-refractivity contribution in [2.75, 3.05) is 5.32 Å². The molecule has 1 saturated carbocycles. The lowest BCUT2D eigenvalue weighted by atomic mass is 9.76. The molecule has 2 aliphatic heterocycles. The Morgan fingerprint density at radius 3 is 2.53 bits per heavy atom. The van der Waals surface area contributed by atoms with Gasteiger partial charge in [0.2, 0.25) is 5.91 Å². The normalized spacial score (nSPS) is 21.7. The van der Waals surface area contributed by atoms with Crippen molar-refractivity contribution in [1.82, 2.24) is 25.2 Å². The molecule has 3 aliphatic rings. The number of hydrogen-bond acceptors (Lipinski definition) is 8. The maximum absolute atomic E-state index is 12.6. The molecule has 3 aromatic heterocycles. The molecule has 0 radical (unpaired) electrons. The van der Waals surface area contributed by atoms with Crippen molar-refractivity contribution in [2.45, 2.75) is 58.2 Å². The lowest BCUT2D eigenvalue weighted by Crippen LogP contribution is -2.65. The summed E-state index contributed by atoms with van der Waals surface area (Å²) in [5.41, 5.74) is 2.42. The zero-order chi connectivity index (χ0) is 22.4. The van der Waals surface area contributed by atoms with Gasteiger partial charge in [-0.05, 0) is 45.2 Å². The number of nitrogens with one attached hydrogen (secondary N) is 2. The summed E-state index contributed by atoms with van der Waals surface area (Å²) >= 11 is 3.14. The Morgan fingerprint density at radius 2 is 1.91 bits per heavy atom. The van der Waals surface area contributed by atoms with E-state index in [1.54, 1.807) is 36.6 Å². The summed E-state index contributed by atoms with van der Waals surface area (Å²) in [4.78, 5) is 40.8. The number of nitrogens with zero attached hydrogens (tertiary/aromatic N) is 4. The number of aromatic nitrogens is 3. The van der Waals surface area contributed by atoms with Crippen molar-refractivity contribution in [2.24, 2.45) is 0 Å². The fourth-order valence-electron chi connectivity index (χ4n) is 4.69. The minimum Gasteiger partial charge on any atom is -0.349 e. The van der Waals surface area contributed by atoms with Crippen molar-refractivity contribution in [3.63, 3.8) is 0 Å². The summed E-state index contributed by atoms with van der Waals surface area (Å²) in [5, 5.41) is 10.1. The first-order valence-electron chi connectivity index (χ1n) is 10.6.